The number of thiocarbonyl (C=S) groups is 1. The average molecular weight is 435 g/mol. The average Bonchev–Trinajstić information content (AvgIpc) is 2.89. The van der Waals surface area contributed by atoms with E-state index in [1.54, 1.807) is 24.3 Å². The monoisotopic (exact) mass is 434 g/mol. The summed E-state index contributed by atoms with van der Waals surface area (Å²) in [5.41, 5.74) is 1.61. The van der Waals surface area contributed by atoms with Gasteiger partial charge in [-0.3, -0.25) is 4.79 Å². The number of carbonyl (C=O) groups is 2. The number of rotatable bonds is 5. The maximum Gasteiger partial charge on any atom is 0.335 e. The summed E-state index contributed by atoms with van der Waals surface area (Å²) in [5, 5.41) is 9.74. The molecule has 0 unspecified atom stereocenters. The van der Waals surface area contributed by atoms with Crippen molar-refractivity contribution in [2.75, 3.05) is 0 Å². The van der Waals surface area contributed by atoms with Crippen molar-refractivity contribution < 1.29 is 23.1 Å². The minimum atomic E-state index is -3.98. The smallest absolute Gasteiger partial charge is 0.335 e. The van der Waals surface area contributed by atoms with Gasteiger partial charge in [0.1, 0.15) is 0 Å². The molecule has 7 nitrogen and oxygen atoms in total. The first-order valence-electron chi connectivity index (χ1n) is 7.88. The fraction of sp³-hybridized carbons (Fsp3) is 0.0556. The number of carboxylic acids is 1. The molecule has 0 bridgehead atoms. The molecule has 0 radical (unpaired) electrons. The zero-order valence-electron chi connectivity index (χ0n) is 14.4. The largest absolute Gasteiger partial charge is 0.478 e. The molecule has 1 heterocycles. The van der Waals surface area contributed by atoms with Gasteiger partial charge in [-0.1, -0.05) is 53.8 Å². The molecule has 10 heteroatoms. The molecule has 2 N–H and O–H groups in total. The third-order valence-corrected chi connectivity index (χ3v) is 6.41. The highest BCUT2D eigenvalue weighted by Gasteiger charge is 2.35. The molecular weight excluding hydrogens is 420 g/mol. The van der Waals surface area contributed by atoms with Crippen LogP contribution in [0.4, 0.5) is 0 Å². The summed E-state index contributed by atoms with van der Waals surface area (Å²) in [6, 6.07) is 12.1. The summed E-state index contributed by atoms with van der Waals surface area (Å²) in [6.45, 7) is 1.83. The minimum absolute atomic E-state index is 0.0142. The Morgan fingerprint density at radius 2 is 1.75 bits per heavy atom. The Balaban J connectivity index is 1.81. The zero-order valence-corrected chi connectivity index (χ0v) is 16.9. The molecule has 1 amide bonds. The maximum absolute atomic E-state index is 12.6. The third kappa shape index (κ3) is 4.30. The van der Waals surface area contributed by atoms with E-state index < -0.39 is 21.9 Å². The van der Waals surface area contributed by atoms with Gasteiger partial charge in [0.15, 0.2) is 4.32 Å². The highest BCUT2D eigenvalue weighted by Crippen LogP contribution is 2.32. The predicted molar refractivity (Wildman–Crippen MR) is 110 cm³/mol. The van der Waals surface area contributed by atoms with Gasteiger partial charge < -0.3 is 5.11 Å². The van der Waals surface area contributed by atoms with Gasteiger partial charge in [-0.25, -0.2) is 18.2 Å². The number of benzene rings is 2. The summed E-state index contributed by atoms with van der Waals surface area (Å²) in [6.07, 6.45) is 1.52. The summed E-state index contributed by atoms with van der Waals surface area (Å²) in [4.78, 5) is 25.9. The molecule has 1 fully saturated rings. The van der Waals surface area contributed by atoms with Crippen LogP contribution in [-0.2, 0) is 14.8 Å². The number of thioether (sulfide) groups is 1. The molecule has 0 spiro atoms. The van der Waals surface area contributed by atoms with Crippen LogP contribution in [0.3, 0.4) is 0 Å². The van der Waals surface area contributed by atoms with E-state index in [0.717, 1.165) is 22.3 Å². The first-order chi connectivity index (χ1) is 13.2. The van der Waals surface area contributed by atoms with Crippen LogP contribution in [0, 0.1) is 6.92 Å². The van der Waals surface area contributed by atoms with Gasteiger partial charge >= 0.3 is 5.97 Å². The number of nitrogens with zero attached hydrogens (tertiary/aromatic N) is 1. The Morgan fingerprint density at radius 1 is 1.14 bits per heavy atom. The fourth-order valence-corrected chi connectivity index (χ4v) is 4.62. The lowest BCUT2D eigenvalue weighted by Gasteiger charge is -2.16. The van der Waals surface area contributed by atoms with Crippen molar-refractivity contribution >= 4 is 56.3 Å². The van der Waals surface area contributed by atoms with Gasteiger partial charge in [0, 0.05) is 0 Å². The van der Waals surface area contributed by atoms with Crippen LogP contribution in [0.5, 0.6) is 0 Å². The number of amides is 1. The summed E-state index contributed by atoms with van der Waals surface area (Å²) in [5.74, 6) is -1.66. The molecule has 1 aliphatic rings. The second kappa shape index (κ2) is 7.84. The van der Waals surface area contributed by atoms with Gasteiger partial charge in [0.05, 0.1) is 15.4 Å². The standard InChI is InChI=1S/C18H14N2O5S3/c1-11-2-8-14(9-3-11)28(24,25)19-20-16(21)15(27-18(20)26)10-12-4-6-13(7-5-12)17(22)23/h2-10,19H,1H3,(H,22,23)/b15-10+. The van der Waals surface area contributed by atoms with E-state index >= 15 is 0 Å². The number of aryl methyl sites for hydroxylation is 1. The van der Waals surface area contributed by atoms with Crippen LogP contribution in [0.1, 0.15) is 21.5 Å². The molecule has 144 valence electrons. The van der Waals surface area contributed by atoms with Gasteiger partial charge in [-0.15, -0.1) is 4.83 Å². The Hall–Kier alpha value is -2.53. The van der Waals surface area contributed by atoms with Gasteiger partial charge in [-0.05, 0) is 42.8 Å². The topological polar surface area (TPSA) is 104 Å². The van der Waals surface area contributed by atoms with Crippen LogP contribution in [0.25, 0.3) is 6.08 Å². The van der Waals surface area contributed by atoms with Crippen molar-refractivity contribution in [3.05, 3.63) is 70.1 Å². The van der Waals surface area contributed by atoms with E-state index in [4.69, 9.17) is 17.3 Å². The highest BCUT2D eigenvalue weighted by molar-refractivity contribution is 8.26. The molecule has 0 aliphatic carbocycles. The molecular formula is C18H14N2O5S3. The number of sulfonamides is 1. The lowest BCUT2D eigenvalue weighted by Crippen LogP contribution is -2.44. The second-order valence-electron chi connectivity index (χ2n) is 5.85. The summed E-state index contributed by atoms with van der Waals surface area (Å²) >= 11 is 6.08. The van der Waals surface area contributed by atoms with Crippen molar-refractivity contribution in [2.24, 2.45) is 0 Å². The van der Waals surface area contributed by atoms with Crippen LogP contribution in [-0.4, -0.2) is 34.7 Å². The molecule has 1 saturated heterocycles. The molecule has 1 aliphatic heterocycles. The van der Waals surface area contributed by atoms with Gasteiger partial charge in [0.2, 0.25) is 0 Å². The molecule has 0 aromatic heterocycles. The number of carboxylic acid groups (broad SMARTS) is 1. The summed E-state index contributed by atoms with van der Waals surface area (Å²) in [7, 11) is -3.98. The van der Waals surface area contributed by atoms with Crippen LogP contribution < -0.4 is 4.83 Å². The molecule has 0 atom stereocenters. The van der Waals surface area contributed by atoms with E-state index in [1.807, 2.05) is 6.92 Å². The first kappa shape index (κ1) is 20.2. The molecule has 2 aromatic rings. The third-order valence-electron chi connectivity index (χ3n) is 3.79. The minimum Gasteiger partial charge on any atom is -0.478 e. The number of hydrogen-bond donors (Lipinski definition) is 2. The second-order valence-corrected chi connectivity index (χ2v) is 9.19. The van der Waals surface area contributed by atoms with E-state index in [0.29, 0.717) is 5.56 Å². The number of hydrogen-bond acceptors (Lipinski definition) is 6. The Labute approximate surface area is 171 Å². The SMILES string of the molecule is Cc1ccc(S(=O)(=O)NN2C(=O)/C(=C\c3ccc(C(=O)O)cc3)SC2=S)cc1. The van der Waals surface area contributed by atoms with Crippen molar-refractivity contribution in [1.82, 2.24) is 9.84 Å². The Morgan fingerprint density at radius 3 is 2.32 bits per heavy atom. The number of carbonyl (C=O) groups excluding carboxylic acids is 1. The van der Waals surface area contributed by atoms with E-state index in [2.05, 4.69) is 4.83 Å². The number of nitrogens with one attached hydrogen (secondary N) is 1. The maximum atomic E-state index is 12.6. The molecule has 0 saturated carbocycles. The van der Waals surface area contributed by atoms with Gasteiger partial charge in [0.25, 0.3) is 15.9 Å². The molecule has 28 heavy (non-hydrogen) atoms. The lowest BCUT2D eigenvalue weighted by molar-refractivity contribution is -0.123. The molecule has 3 rings (SSSR count). The Kier molecular flexibility index (Phi) is 5.66. The summed E-state index contributed by atoms with van der Waals surface area (Å²) < 4.78 is 25.1. The van der Waals surface area contributed by atoms with Crippen LogP contribution in [0.2, 0.25) is 0 Å². The lowest BCUT2D eigenvalue weighted by atomic mass is 10.1. The predicted octanol–water partition coefficient (Wildman–Crippen LogP) is 2.79. The quantitative estimate of drug-likeness (QED) is 0.551. The van der Waals surface area contributed by atoms with E-state index in [1.165, 1.54) is 30.3 Å². The highest BCUT2D eigenvalue weighted by atomic mass is 32.2. The van der Waals surface area contributed by atoms with Crippen molar-refractivity contribution in [2.45, 2.75) is 11.8 Å². The van der Waals surface area contributed by atoms with E-state index in [-0.39, 0.29) is 19.7 Å². The van der Waals surface area contributed by atoms with Crippen LogP contribution in [0.15, 0.2) is 58.3 Å². The van der Waals surface area contributed by atoms with E-state index in [9.17, 15) is 18.0 Å². The Bertz CT molecular complexity index is 1090. The van der Waals surface area contributed by atoms with Gasteiger partial charge in [-0.2, -0.15) is 0 Å². The zero-order chi connectivity index (χ0) is 20.5. The van der Waals surface area contributed by atoms with Crippen molar-refractivity contribution in [3.63, 3.8) is 0 Å². The van der Waals surface area contributed by atoms with Crippen molar-refractivity contribution in [3.8, 4) is 0 Å². The fourth-order valence-electron chi connectivity index (χ4n) is 2.31. The normalized spacial score (nSPS) is 16.0. The molecule has 2 aromatic carbocycles. The van der Waals surface area contributed by atoms with Crippen molar-refractivity contribution in [1.29, 1.82) is 0 Å². The first-order valence-corrected chi connectivity index (χ1v) is 10.6. The van der Waals surface area contributed by atoms with Crippen LogP contribution >= 0.6 is 24.0 Å². The number of hydrazine groups is 1. The number of aromatic carboxylic acids is 1.